The summed E-state index contributed by atoms with van der Waals surface area (Å²) in [7, 11) is 0. The molecule has 0 amide bonds. The monoisotopic (exact) mass is 1900 g/mol. The summed E-state index contributed by atoms with van der Waals surface area (Å²) < 4.78 is 38.3. The van der Waals surface area contributed by atoms with Crippen molar-refractivity contribution in [2.24, 2.45) is 0 Å². The van der Waals surface area contributed by atoms with Gasteiger partial charge in [-0.2, -0.15) is 0 Å². The minimum atomic E-state index is 0.545. The third-order valence-corrected chi connectivity index (χ3v) is 27.8. The van der Waals surface area contributed by atoms with Gasteiger partial charge in [0.15, 0.2) is 69.2 Å². The van der Waals surface area contributed by atoms with Crippen LogP contribution in [0.3, 0.4) is 0 Å². The topological polar surface area (TPSA) is 234 Å². The third kappa shape index (κ3) is 14.7. The van der Waals surface area contributed by atoms with Crippen molar-refractivity contribution in [2.45, 2.75) is 0 Å². The van der Waals surface area contributed by atoms with Gasteiger partial charge in [0.2, 0.25) is 17.7 Å². The van der Waals surface area contributed by atoms with Gasteiger partial charge >= 0.3 is 0 Å². The van der Waals surface area contributed by atoms with Crippen LogP contribution in [0.15, 0.2) is 475 Å². The van der Waals surface area contributed by atoms with E-state index in [1.54, 1.807) is 0 Å². The Morgan fingerprint density at radius 2 is 0.372 bits per heavy atom. The molecule has 0 saturated carbocycles. The minimum absolute atomic E-state index is 0.545. The molecule has 0 N–H and O–H groups in total. The fourth-order valence-corrected chi connectivity index (χ4v) is 20.7. The van der Waals surface area contributed by atoms with E-state index in [-0.39, 0.29) is 0 Å². The maximum atomic E-state index is 6.54. The highest BCUT2D eigenvalue weighted by molar-refractivity contribution is 6.23. The molecule has 0 spiro atoms. The van der Waals surface area contributed by atoms with E-state index >= 15 is 0 Å². The van der Waals surface area contributed by atoms with Crippen molar-refractivity contribution in [1.82, 2.24) is 59.8 Å². The fraction of sp³-hybridized carbons (Fsp3) is 0. The second-order valence-corrected chi connectivity index (χ2v) is 36.7. The van der Waals surface area contributed by atoms with Crippen LogP contribution in [-0.4, -0.2) is 59.8 Å². The van der Waals surface area contributed by atoms with Gasteiger partial charge in [0, 0.05) is 115 Å². The second-order valence-electron chi connectivity index (χ2n) is 36.7. The average molecular weight is 1900 g/mol. The fourth-order valence-electron chi connectivity index (χ4n) is 20.7. The molecule has 148 heavy (non-hydrogen) atoms. The van der Waals surface area contributed by atoms with Gasteiger partial charge in [-0.1, -0.05) is 334 Å². The Morgan fingerprint density at radius 1 is 0.128 bits per heavy atom. The Balaban J connectivity index is 0.000000105. The zero-order valence-corrected chi connectivity index (χ0v) is 78.5. The summed E-state index contributed by atoms with van der Waals surface area (Å²) in [6.07, 6.45) is 0. The maximum absolute atomic E-state index is 6.54. The molecule has 9 aromatic heterocycles. The number of aromatic nitrogens is 12. The summed E-state index contributed by atoms with van der Waals surface area (Å²) in [6.45, 7) is 0. The van der Waals surface area contributed by atoms with Crippen LogP contribution in [0.2, 0.25) is 0 Å². The molecule has 0 fully saturated rings. The molecule has 18 nitrogen and oxygen atoms in total. The van der Waals surface area contributed by atoms with Gasteiger partial charge in [0.05, 0.1) is 0 Å². The Hall–Kier alpha value is -20.5. The molecule has 0 atom stereocenters. The molecule has 22 aromatic carbocycles. The van der Waals surface area contributed by atoms with Crippen molar-refractivity contribution in [3.8, 4) is 137 Å². The molecule has 0 radical (unpaired) electrons. The molecule has 18 heteroatoms. The lowest BCUT2D eigenvalue weighted by molar-refractivity contribution is 0.623. The Bertz CT molecular complexity index is 10700. The van der Waals surface area contributed by atoms with Crippen LogP contribution in [0.4, 0.5) is 0 Å². The first kappa shape index (κ1) is 84.4. The van der Waals surface area contributed by atoms with E-state index in [1.807, 2.05) is 267 Å². The van der Waals surface area contributed by atoms with Gasteiger partial charge in [0.25, 0.3) is 0 Å². The smallest absolute Gasteiger partial charge is 0.227 e. The Morgan fingerprint density at radius 3 is 0.709 bits per heavy atom. The maximum Gasteiger partial charge on any atom is 0.227 e. The van der Waals surface area contributed by atoms with Crippen molar-refractivity contribution in [3.63, 3.8) is 0 Å². The summed E-state index contributed by atoms with van der Waals surface area (Å²) in [6, 6.07) is 151. The molecule has 31 aromatic rings. The van der Waals surface area contributed by atoms with Gasteiger partial charge in [-0.3, -0.25) is 0 Å². The molecule has 31 rings (SSSR count). The third-order valence-electron chi connectivity index (χ3n) is 27.8. The number of furan rings is 3. The van der Waals surface area contributed by atoms with E-state index in [0.29, 0.717) is 70.1 Å². The number of oxazole rings is 3. The minimum Gasteiger partial charge on any atom is -0.456 e. The standard InChI is InChI=1S/C48H26N4O3.C42H24N4O2.C40H24N4O/c1-2-10-29(11-3-1)48-49-36-25-24-28-22-20-27-21-23-30(26-35(27)41(28)44(36)55-48)45-50-46(33-14-8-18-39-42(33)31-12-4-6-16-37(31)53-39)52-47(51-45)34-15-9-19-40-43(34)32-13-5-7-17-38(32)54-40;1-3-10-27(11-4-1)39-44-40(46-41(45-39)31-15-9-17-35-37(31)30-14-7-8-16-34(30)47-35)29-21-19-25-18-20-26-22-23-33-38(36(26)32(25)24-29)48-42(43-33)28-12-5-2-6-13-28;1-3-10-28(11-4-1)37-42-38(31-19-15-25-9-7-8-14-30(25)23-31)44-39(43-37)32-20-17-26-16-18-27-21-22-34-36(35(27)33(26)24-32)45-40(41-34)29-12-5-2-6-13-29/h1-26H;1-24H;1-24H. The average Bonchev–Trinajstić information content (AvgIpc) is 1.48. The van der Waals surface area contributed by atoms with Crippen LogP contribution in [0, 0.1) is 0 Å². The Kier molecular flexibility index (Phi) is 19.8. The summed E-state index contributed by atoms with van der Waals surface area (Å²) in [5.41, 5.74) is 20.3. The van der Waals surface area contributed by atoms with Crippen LogP contribution in [0.5, 0.6) is 0 Å². The summed E-state index contributed by atoms with van der Waals surface area (Å²) in [4.78, 5) is 60.4. The van der Waals surface area contributed by atoms with Crippen molar-refractivity contribution in [2.75, 3.05) is 0 Å². The lowest BCUT2D eigenvalue weighted by atomic mass is 9.99. The zero-order chi connectivity index (χ0) is 97.4. The predicted molar refractivity (Wildman–Crippen MR) is 592 cm³/mol. The van der Waals surface area contributed by atoms with Crippen LogP contribution in [0.25, 0.3) is 311 Å². The number of hydrogen-bond donors (Lipinski definition) is 0. The molecule has 0 aliphatic carbocycles. The van der Waals surface area contributed by atoms with E-state index in [4.69, 9.17) is 86.3 Å². The van der Waals surface area contributed by atoms with Crippen LogP contribution in [-0.2, 0) is 0 Å². The first-order valence-electron chi connectivity index (χ1n) is 48.8. The van der Waals surface area contributed by atoms with E-state index < -0.39 is 0 Å². The van der Waals surface area contributed by atoms with Crippen LogP contribution in [0.1, 0.15) is 0 Å². The zero-order valence-electron chi connectivity index (χ0n) is 78.5. The van der Waals surface area contributed by atoms with Gasteiger partial charge in [0.1, 0.15) is 50.0 Å². The molecular formula is C130H74N12O6. The number of nitrogens with zero attached hydrogens (tertiary/aromatic N) is 12. The lowest BCUT2D eigenvalue weighted by Gasteiger charge is -2.11. The van der Waals surface area contributed by atoms with Gasteiger partial charge < -0.3 is 26.5 Å². The van der Waals surface area contributed by atoms with Gasteiger partial charge in [-0.25, -0.2) is 59.8 Å². The second kappa shape index (κ2) is 34.7. The molecule has 0 aliphatic heterocycles. The van der Waals surface area contributed by atoms with Crippen molar-refractivity contribution < 1.29 is 26.5 Å². The summed E-state index contributed by atoms with van der Waals surface area (Å²) >= 11 is 0. The highest BCUT2D eigenvalue weighted by atomic mass is 16.4. The van der Waals surface area contributed by atoms with E-state index in [9.17, 15) is 0 Å². The van der Waals surface area contributed by atoms with E-state index in [2.05, 4.69) is 182 Å². The van der Waals surface area contributed by atoms with Crippen LogP contribution < -0.4 is 0 Å². The molecule has 690 valence electrons. The van der Waals surface area contributed by atoms with Crippen molar-refractivity contribution in [1.29, 1.82) is 0 Å². The first-order chi connectivity index (χ1) is 73.3. The number of rotatable bonds is 12. The van der Waals surface area contributed by atoms with Gasteiger partial charge in [-0.05, 0) is 175 Å². The van der Waals surface area contributed by atoms with E-state index in [1.165, 1.54) is 5.39 Å². The van der Waals surface area contributed by atoms with Crippen LogP contribution >= 0.6 is 0 Å². The Labute approximate surface area is 841 Å². The van der Waals surface area contributed by atoms with E-state index in [0.717, 1.165) is 236 Å². The summed E-state index contributed by atoms with van der Waals surface area (Å²) in [5, 5.41) is 20.8. The predicted octanol–water partition coefficient (Wildman–Crippen LogP) is 33.8. The molecule has 0 unspecified atom stereocenters. The quantitative estimate of drug-likeness (QED) is 0.103. The molecular weight excluding hydrogens is 1830 g/mol. The number of hydrogen-bond acceptors (Lipinski definition) is 18. The summed E-state index contributed by atoms with van der Waals surface area (Å²) in [5.74, 6) is 7.07. The number of fused-ring (bicyclic) bond motifs is 25. The van der Waals surface area contributed by atoms with Crippen molar-refractivity contribution in [3.05, 3.63) is 449 Å². The van der Waals surface area contributed by atoms with Crippen molar-refractivity contribution >= 4 is 175 Å². The molecule has 9 heterocycles. The SMILES string of the molecule is c1ccc(-c2nc(-c3ccc4ccc5ccc6nc(-c7ccccc7)oc6c5c4c3)nc(-c3cccc4oc5ccccc5c34)n2)cc1.c1ccc(-c2nc(-c3ccc4ccccc4c3)nc(-c3ccc4ccc5ccc6nc(-c7ccccc7)oc6c5c4c3)n2)cc1.c1ccc(-c2nc3ccc4ccc5ccc(-c6nc(-c7cccc8oc9ccccc9c78)nc(-c7cccc8oc9ccccc9c78)n6)cc5c4c3o2)cc1. The number of benzene rings is 22. The normalized spacial score (nSPS) is 11.8. The van der Waals surface area contributed by atoms with Gasteiger partial charge in [-0.15, -0.1) is 0 Å². The highest BCUT2D eigenvalue weighted by Crippen LogP contribution is 2.47. The molecule has 0 bridgehead atoms. The number of para-hydroxylation sites is 3. The lowest BCUT2D eigenvalue weighted by Crippen LogP contribution is -2.01. The highest BCUT2D eigenvalue weighted by Gasteiger charge is 2.27. The largest absolute Gasteiger partial charge is 0.456 e. The molecule has 0 aliphatic rings. The first-order valence-corrected chi connectivity index (χ1v) is 48.8. The molecule has 0 saturated heterocycles.